The number of anilines is 1. The summed E-state index contributed by atoms with van der Waals surface area (Å²) in [5.41, 5.74) is -0.403. The highest BCUT2D eigenvalue weighted by Crippen LogP contribution is 2.39. The first-order valence-corrected chi connectivity index (χ1v) is 7.61. The maximum atomic E-state index is 13.6. The largest absolute Gasteiger partial charge is 0.389 e. The van der Waals surface area contributed by atoms with Crippen molar-refractivity contribution in [3.63, 3.8) is 0 Å². The number of rotatable bonds is 1. The van der Waals surface area contributed by atoms with E-state index in [0.717, 1.165) is 25.7 Å². The van der Waals surface area contributed by atoms with Crippen molar-refractivity contribution >= 4 is 11.7 Å². The smallest absolute Gasteiger partial charge is 0.321 e. The predicted octanol–water partition coefficient (Wildman–Crippen LogP) is 2.98. The molecule has 2 unspecified atom stereocenters. The van der Waals surface area contributed by atoms with Gasteiger partial charge in [-0.25, -0.2) is 9.18 Å². The molecule has 21 heavy (non-hydrogen) atoms. The van der Waals surface area contributed by atoms with Crippen LogP contribution in [-0.2, 0) is 0 Å². The fourth-order valence-corrected chi connectivity index (χ4v) is 3.51. The first-order valence-electron chi connectivity index (χ1n) is 7.61. The molecule has 114 valence electrons. The highest BCUT2D eigenvalue weighted by molar-refractivity contribution is 5.89. The Morgan fingerprint density at radius 1 is 1.33 bits per heavy atom. The summed E-state index contributed by atoms with van der Waals surface area (Å²) in [6, 6.07) is 5.87. The van der Waals surface area contributed by atoms with Crippen molar-refractivity contribution < 1.29 is 14.3 Å². The van der Waals surface area contributed by atoms with Crippen LogP contribution in [0, 0.1) is 11.7 Å². The van der Waals surface area contributed by atoms with Crippen LogP contribution in [0.5, 0.6) is 0 Å². The SMILES string of the molecule is O=C(Nc1ccccc1F)N1CCC2(O)CCCCC2C1. The molecule has 1 aliphatic heterocycles. The Bertz CT molecular complexity index is 537. The van der Waals surface area contributed by atoms with Gasteiger partial charge in [0.05, 0.1) is 11.3 Å². The minimum Gasteiger partial charge on any atom is -0.389 e. The normalized spacial score (nSPS) is 28.9. The second-order valence-corrected chi connectivity index (χ2v) is 6.15. The van der Waals surface area contributed by atoms with Gasteiger partial charge < -0.3 is 15.3 Å². The lowest BCUT2D eigenvalue weighted by molar-refractivity contribution is -0.0863. The second kappa shape index (κ2) is 5.64. The Morgan fingerprint density at radius 3 is 2.95 bits per heavy atom. The molecule has 1 aliphatic carbocycles. The number of hydrogen-bond acceptors (Lipinski definition) is 2. The highest BCUT2D eigenvalue weighted by atomic mass is 19.1. The summed E-state index contributed by atoms with van der Waals surface area (Å²) in [6.45, 7) is 1.07. The van der Waals surface area contributed by atoms with Gasteiger partial charge in [0.2, 0.25) is 0 Å². The Balaban J connectivity index is 1.65. The topological polar surface area (TPSA) is 52.6 Å². The van der Waals surface area contributed by atoms with Gasteiger partial charge >= 0.3 is 6.03 Å². The minimum absolute atomic E-state index is 0.145. The van der Waals surface area contributed by atoms with Crippen LogP contribution in [0.15, 0.2) is 24.3 Å². The van der Waals surface area contributed by atoms with Crippen LogP contribution in [-0.4, -0.2) is 34.7 Å². The zero-order valence-corrected chi connectivity index (χ0v) is 12.0. The van der Waals surface area contributed by atoms with Crippen molar-refractivity contribution in [2.24, 2.45) is 5.92 Å². The summed E-state index contributed by atoms with van der Waals surface area (Å²) in [5, 5.41) is 13.2. The van der Waals surface area contributed by atoms with Crippen LogP contribution < -0.4 is 5.32 Å². The molecule has 0 bridgehead atoms. The number of nitrogens with zero attached hydrogens (tertiary/aromatic N) is 1. The van der Waals surface area contributed by atoms with E-state index >= 15 is 0 Å². The third-order valence-electron chi connectivity index (χ3n) is 4.83. The van der Waals surface area contributed by atoms with Crippen LogP contribution in [0.4, 0.5) is 14.9 Å². The van der Waals surface area contributed by atoms with Crippen LogP contribution in [0.25, 0.3) is 0 Å². The molecule has 1 aromatic carbocycles. The summed E-state index contributed by atoms with van der Waals surface area (Å²) in [6.07, 6.45) is 4.58. The number of carbonyl (C=O) groups is 1. The third kappa shape index (κ3) is 2.88. The standard InChI is InChI=1S/C16H21FN2O2/c17-13-6-1-2-7-14(13)18-15(20)19-10-9-16(21)8-4-3-5-12(16)11-19/h1-2,6-7,12,21H,3-5,8-11H2,(H,18,20). The van der Waals surface area contributed by atoms with Crippen molar-refractivity contribution in [1.82, 2.24) is 4.90 Å². The summed E-state index contributed by atoms with van der Waals surface area (Å²) < 4.78 is 13.6. The Morgan fingerprint density at radius 2 is 2.14 bits per heavy atom. The number of urea groups is 1. The second-order valence-electron chi connectivity index (χ2n) is 6.15. The van der Waals surface area contributed by atoms with E-state index in [1.54, 1.807) is 23.1 Å². The number of aliphatic hydroxyl groups is 1. The number of piperidine rings is 1. The maximum Gasteiger partial charge on any atom is 0.321 e. The monoisotopic (exact) mass is 292 g/mol. The molecule has 3 rings (SSSR count). The van der Waals surface area contributed by atoms with Gasteiger partial charge in [-0.1, -0.05) is 25.0 Å². The summed E-state index contributed by atoms with van der Waals surface area (Å²) in [5.74, 6) is -0.289. The van der Waals surface area contributed by atoms with Gasteiger partial charge in [0.15, 0.2) is 0 Å². The Labute approximate surface area is 124 Å². The lowest BCUT2D eigenvalue weighted by atomic mass is 9.71. The maximum absolute atomic E-state index is 13.6. The number of carbonyl (C=O) groups excluding carboxylic acids is 1. The van der Waals surface area contributed by atoms with Crippen LogP contribution in [0.2, 0.25) is 0 Å². The van der Waals surface area contributed by atoms with E-state index in [4.69, 9.17) is 0 Å². The highest BCUT2D eigenvalue weighted by Gasteiger charge is 2.43. The molecule has 1 aromatic rings. The van der Waals surface area contributed by atoms with E-state index in [9.17, 15) is 14.3 Å². The number of nitrogens with one attached hydrogen (secondary N) is 1. The van der Waals surface area contributed by atoms with E-state index in [1.807, 2.05) is 0 Å². The summed E-state index contributed by atoms with van der Waals surface area (Å²) >= 11 is 0. The lowest BCUT2D eigenvalue weighted by Crippen LogP contribution is -2.55. The third-order valence-corrected chi connectivity index (χ3v) is 4.83. The molecule has 2 N–H and O–H groups in total. The van der Waals surface area contributed by atoms with Gasteiger partial charge in [-0.3, -0.25) is 0 Å². The fourth-order valence-electron chi connectivity index (χ4n) is 3.51. The Kier molecular flexibility index (Phi) is 3.85. The van der Waals surface area contributed by atoms with E-state index in [2.05, 4.69) is 5.32 Å². The number of hydrogen-bond donors (Lipinski definition) is 2. The van der Waals surface area contributed by atoms with Crippen molar-refractivity contribution in [1.29, 1.82) is 0 Å². The molecule has 2 amide bonds. The number of benzene rings is 1. The van der Waals surface area contributed by atoms with Gasteiger partial charge in [-0.05, 0) is 31.4 Å². The minimum atomic E-state index is -0.604. The predicted molar refractivity (Wildman–Crippen MR) is 78.5 cm³/mol. The van der Waals surface area contributed by atoms with Crippen molar-refractivity contribution in [2.75, 3.05) is 18.4 Å². The first-order chi connectivity index (χ1) is 10.1. The lowest BCUT2D eigenvalue weighted by Gasteiger charge is -2.47. The Hall–Kier alpha value is -1.62. The molecule has 0 spiro atoms. The van der Waals surface area contributed by atoms with Gasteiger partial charge in [0, 0.05) is 19.0 Å². The molecular weight excluding hydrogens is 271 g/mol. The average Bonchev–Trinajstić information content (AvgIpc) is 2.48. The number of para-hydroxylation sites is 1. The van der Waals surface area contributed by atoms with Crippen molar-refractivity contribution in [2.45, 2.75) is 37.7 Å². The average molecular weight is 292 g/mol. The van der Waals surface area contributed by atoms with Gasteiger partial charge in [-0.15, -0.1) is 0 Å². The number of halogens is 1. The molecule has 5 heteroatoms. The number of likely N-dealkylation sites (tertiary alicyclic amines) is 1. The molecule has 2 atom stereocenters. The van der Waals surface area contributed by atoms with Gasteiger partial charge in [0.1, 0.15) is 5.82 Å². The number of amides is 2. The van der Waals surface area contributed by atoms with E-state index < -0.39 is 11.4 Å². The summed E-state index contributed by atoms with van der Waals surface area (Å²) in [7, 11) is 0. The molecule has 2 aliphatic rings. The van der Waals surface area contributed by atoms with Gasteiger partial charge in [-0.2, -0.15) is 0 Å². The molecule has 0 radical (unpaired) electrons. The molecule has 1 saturated carbocycles. The fraction of sp³-hybridized carbons (Fsp3) is 0.562. The van der Waals surface area contributed by atoms with Crippen molar-refractivity contribution in [3.05, 3.63) is 30.1 Å². The van der Waals surface area contributed by atoms with Crippen LogP contribution in [0.3, 0.4) is 0 Å². The zero-order valence-electron chi connectivity index (χ0n) is 12.0. The molecule has 4 nitrogen and oxygen atoms in total. The summed E-state index contributed by atoms with van der Waals surface area (Å²) in [4.78, 5) is 14.0. The van der Waals surface area contributed by atoms with E-state index in [-0.39, 0.29) is 17.6 Å². The van der Waals surface area contributed by atoms with Crippen LogP contribution >= 0.6 is 0 Å². The van der Waals surface area contributed by atoms with E-state index in [1.165, 1.54) is 6.07 Å². The molecule has 1 saturated heterocycles. The van der Waals surface area contributed by atoms with E-state index in [0.29, 0.717) is 19.5 Å². The molecule has 0 aromatic heterocycles. The number of fused-ring (bicyclic) bond motifs is 1. The molecule has 2 fully saturated rings. The zero-order chi connectivity index (χ0) is 14.9. The molecule has 1 heterocycles. The van der Waals surface area contributed by atoms with Crippen molar-refractivity contribution in [3.8, 4) is 0 Å². The quantitative estimate of drug-likeness (QED) is 0.836. The first kappa shape index (κ1) is 14.3. The van der Waals surface area contributed by atoms with Crippen LogP contribution in [0.1, 0.15) is 32.1 Å². The van der Waals surface area contributed by atoms with Gasteiger partial charge in [0.25, 0.3) is 0 Å². The molecular formula is C16H21FN2O2.